The van der Waals surface area contributed by atoms with Crippen LogP contribution in [-0.2, 0) is 26.2 Å². The first-order valence-electron chi connectivity index (χ1n) is 11.6. The van der Waals surface area contributed by atoms with Crippen LogP contribution in [0.1, 0.15) is 43.9 Å². The third-order valence-electron chi connectivity index (χ3n) is 5.99. The summed E-state index contributed by atoms with van der Waals surface area (Å²) in [4.78, 5) is 28.0. The van der Waals surface area contributed by atoms with Gasteiger partial charge in [0.2, 0.25) is 21.8 Å². The van der Waals surface area contributed by atoms with Gasteiger partial charge >= 0.3 is 0 Å². The van der Waals surface area contributed by atoms with E-state index in [1.807, 2.05) is 45.0 Å². The molecule has 0 fully saturated rings. The predicted molar refractivity (Wildman–Crippen MR) is 139 cm³/mol. The number of ether oxygens (including phenoxy) is 1. The zero-order valence-corrected chi connectivity index (χ0v) is 22.5. The van der Waals surface area contributed by atoms with Crippen molar-refractivity contribution in [3.63, 3.8) is 0 Å². The average molecular weight is 504 g/mol. The predicted octanol–water partition coefficient (Wildman–Crippen LogP) is 3.41. The monoisotopic (exact) mass is 503 g/mol. The second kappa shape index (κ2) is 12.1. The van der Waals surface area contributed by atoms with Gasteiger partial charge in [-0.3, -0.25) is 13.9 Å². The Morgan fingerprint density at radius 1 is 1.06 bits per heavy atom. The minimum atomic E-state index is -3.77. The quantitative estimate of drug-likeness (QED) is 0.507. The topological polar surface area (TPSA) is 96.0 Å². The van der Waals surface area contributed by atoms with E-state index in [2.05, 4.69) is 5.32 Å². The second-order valence-electron chi connectivity index (χ2n) is 8.92. The standard InChI is InChI=1S/C26H37N3O5S/c1-8-20(4)27-26(31)21(5)28(16-22-11-13-23(34-6)14-12-22)25(30)17-29(35(7,32)33)24-15-18(2)9-10-19(24)3/h9-15,20-21H,8,16-17H2,1-7H3,(H,27,31)/t20-,21-/m1/s1. The first-order valence-corrected chi connectivity index (χ1v) is 13.5. The number of rotatable bonds is 11. The second-order valence-corrected chi connectivity index (χ2v) is 10.8. The third-order valence-corrected chi connectivity index (χ3v) is 7.12. The Hall–Kier alpha value is -3.07. The molecule has 8 nitrogen and oxygen atoms in total. The number of hydrogen-bond acceptors (Lipinski definition) is 5. The first kappa shape index (κ1) is 28.2. The maximum absolute atomic E-state index is 13.6. The van der Waals surface area contributed by atoms with E-state index < -0.39 is 28.5 Å². The summed E-state index contributed by atoms with van der Waals surface area (Å²) in [6.07, 6.45) is 1.83. The summed E-state index contributed by atoms with van der Waals surface area (Å²) in [6, 6.07) is 11.8. The van der Waals surface area contributed by atoms with Crippen molar-refractivity contribution >= 4 is 27.5 Å². The number of carbonyl (C=O) groups is 2. The molecule has 192 valence electrons. The molecule has 0 aliphatic carbocycles. The van der Waals surface area contributed by atoms with Crippen molar-refractivity contribution in [3.8, 4) is 5.75 Å². The highest BCUT2D eigenvalue weighted by Crippen LogP contribution is 2.25. The Balaban J connectivity index is 2.42. The van der Waals surface area contributed by atoms with Crippen molar-refractivity contribution in [3.05, 3.63) is 59.2 Å². The average Bonchev–Trinajstić information content (AvgIpc) is 2.81. The van der Waals surface area contributed by atoms with Gasteiger partial charge in [0.05, 0.1) is 19.1 Å². The number of hydrogen-bond donors (Lipinski definition) is 1. The smallest absolute Gasteiger partial charge is 0.244 e. The van der Waals surface area contributed by atoms with Crippen LogP contribution in [0.15, 0.2) is 42.5 Å². The van der Waals surface area contributed by atoms with Crippen LogP contribution in [0.4, 0.5) is 5.69 Å². The third kappa shape index (κ3) is 7.71. The zero-order valence-electron chi connectivity index (χ0n) is 21.7. The molecule has 1 N–H and O–H groups in total. The van der Waals surface area contributed by atoms with E-state index in [0.29, 0.717) is 11.4 Å². The molecule has 0 saturated heterocycles. The highest BCUT2D eigenvalue weighted by Gasteiger charge is 2.31. The molecule has 35 heavy (non-hydrogen) atoms. The molecule has 2 rings (SSSR count). The maximum atomic E-state index is 13.6. The van der Waals surface area contributed by atoms with Crippen LogP contribution in [0.2, 0.25) is 0 Å². The lowest BCUT2D eigenvalue weighted by Gasteiger charge is -2.32. The summed E-state index contributed by atoms with van der Waals surface area (Å²) in [7, 11) is -2.20. The Morgan fingerprint density at radius 2 is 1.69 bits per heavy atom. The fraction of sp³-hybridized carbons (Fsp3) is 0.462. The number of carbonyl (C=O) groups excluding carboxylic acids is 2. The first-order chi connectivity index (χ1) is 16.4. The molecular weight excluding hydrogens is 466 g/mol. The molecule has 0 saturated carbocycles. The van der Waals surface area contributed by atoms with Crippen LogP contribution >= 0.6 is 0 Å². The van der Waals surface area contributed by atoms with E-state index in [0.717, 1.165) is 33.7 Å². The van der Waals surface area contributed by atoms with E-state index in [9.17, 15) is 18.0 Å². The van der Waals surface area contributed by atoms with Crippen molar-refractivity contribution < 1.29 is 22.7 Å². The molecule has 2 amide bonds. The van der Waals surface area contributed by atoms with Crippen LogP contribution in [0, 0.1) is 13.8 Å². The number of sulfonamides is 1. The van der Waals surface area contributed by atoms with Gasteiger partial charge in [-0.15, -0.1) is 0 Å². The van der Waals surface area contributed by atoms with E-state index in [-0.39, 0.29) is 18.5 Å². The molecular formula is C26H37N3O5S. The fourth-order valence-corrected chi connectivity index (χ4v) is 4.46. The molecule has 2 atom stereocenters. The van der Waals surface area contributed by atoms with Gasteiger partial charge in [-0.2, -0.15) is 0 Å². The zero-order chi connectivity index (χ0) is 26.3. The summed E-state index contributed by atoms with van der Waals surface area (Å²) in [6.45, 7) is 8.90. The molecule has 0 bridgehead atoms. The number of nitrogens with zero attached hydrogens (tertiary/aromatic N) is 2. The van der Waals surface area contributed by atoms with Gasteiger partial charge < -0.3 is 15.0 Å². The Morgan fingerprint density at radius 3 is 2.23 bits per heavy atom. The summed E-state index contributed by atoms with van der Waals surface area (Å²) in [5, 5.41) is 2.92. The molecule has 2 aromatic carbocycles. The molecule has 0 radical (unpaired) electrons. The number of methoxy groups -OCH3 is 1. The maximum Gasteiger partial charge on any atom is 0.244 e. The minimum Gasteiger partial charge on any atom is -0.497 e. The molecule has 0 aliphatic rings. The van der Waals surface area contributed by atoms with Crippen LogP contribution in [0.3, 0.4) is 0 Å². The van der Waals surface area contributed by atoms with E-state index in [1.54, 1.807) is 39.2 Å². The van der Waals surface area contributed by atoms with Crippen molar-refractivity contribution in [2.24, 2.45) is 0 Å². The Kier molecular flexibility index (Phi) is 9.71. The van der Waals surface area contributed by atoms with Crippen molar-refractivity contribution in [2.45, 2.75) is 59.7 Å². The van der Waals surface area contributed by atoms with Crippen LogP contribution in [0.25, 0.3) is 0 Å². The summed E-state index contributed by atoms with van der Waals surface area (Å²) < 4.78 is 31.8. The van der Waals surface area contributed by atoms with E-state index in [4.69, 9.17) is 4.74 Å². The lowest BCUT2D eigenvalue weighted by molar-refractivity contribution is -0.139. The van der Waals surface area contributed by atoms with Crippen molar-refractivity contribution in [2.75, 3.05) is 24.2 Å². The van der Waals surface area contributed by atoms with Gasteiger partial charge in [0.15, 0.2) is 0 Å². The summed E-state index contributed by atoms with van der Waals surface area (Å²) in [5.74, 6) is -0.0924. The lowest BCUT2D eigenvalue weighted by atomic mass is 10.1. The van der Waals surface area contributed by atoms with Gasteiger partial charge in [-0.05, 0) is 69.0 Å². The number of amides is 2. The molecule has 9 heteroatoms. The van der Waals surface area contributed by atoms with E-state index in [1.165, 1.54) is 4.90 Å². The molecule has 2 aromatic rings. The largest absolute Gasteiger partial charge is 0.497 e. The van der Waals surface area contributed by atoms with Crippen LogP contribution in [0.5, 0.6) is 5.75 Å². The van der Waals surface area contributed by atoms with E-state index >= 15 is 0 Å². The molecule has 0 aliphatic heterocycles. The van der Waals surface area contributed by atoms with Gasteiger partial charge in [0, 0.05) is 12.6 Å². The van der Waals surface area contributed by atoms with Gasteiger partial charge in [0.1, 0.15) is 18.3 Å². The Bertz CT molecular complexity index is 1130. The summed E-state index contributed by atoms with van der Waals surface area (Å²) in [5.41, 5.74) is 2.85. The minimum absolute atomic E-state index is 0.0506. The molecule has 0 spiro atoms. The van der Waals surface area contributed by atoms with Crippen LogP contribution in [-0.4, -0.2) is 57.1 Å². The van der Waals surface area contributed by atoms with Crippen LogP contribution < -0.4 is 14.4 Å². The van der Waals surface area contributed by atoms with Gasteiger partial charge in [-0.25, -0.2) is 8.42 Å². The number of benzene rings is 2. The number of aryl methyl sites for hydroxylation is 2. The fourth-order valence-electron chi connectivity index (χ4n) is 3.56. The Labute approximate surface area is 209 Å². The highest BCUT2D eigenvalue weighted by atomic mass is 32.2. The molecule has 0 aromatic heterocycles. The van der Waals surface area contributed by atoms with Crippen molar-refractivity contribution in [1.29, 1.82) is 0 Å². The lowest BCUT2D eigenvalue weighted by Crippen LogP contribution is -2.52. The van der Waals surface area contributed by atoms with Gasteiger partial charge in [0.25, 0.3) is 0 Å². The highest BCUT2D eigenvalue weighted by molar-refractivity contribution is 7.92. The summed E-state index contributed by atoms with van der Waals surface area (Å²) >= 11 is 0. The number of anilines is 1. The normalized spacial score (nSPS) is 13.0. The SMILES string of the molecule is CC[C@@H](C)NC(=O)[C@@H](C)N(Cc1ccc(OC)cc1)C(=O)CN(c1cc(C)ccc1C)S(C)(=O)=O. The molecule has 0 heterocycles. The molecule has 0 unspecified atom stereocenters. The van der Waals surface area contributed by atoms with Gasteiger partial charge in [-0.1, -0.05) is 31.2 Å². The van der Waals surface area contributed by atoms with Crippen molar-refractivity contribution in [1.82, 2.24) is 10.2 Å². The number of nitrogens with one attached hydrogen (secondary N) is 1.